The van der Waals surface area contributed by atoms with Crippen LogP contribution in [0.25, 0.3) is 0 Å². The molecular formula is C17H19ClN2O4S. The molecule has 0 spiro atoms. The molecule has 0 aromatic heterocycles. The second-order valence-electron chi connectivity index (χ2n) is 5.38. The van der Waals surface area contributed by atoms with Crippen LogP contribution in [0.2, 0.25) is 5.02 Å². The molecule has 0 aliphatic heterocycles. The first-order chi connectivity index (χ1) is 11.8. The summed E-state index contributed by atoms with van der Waals surface area (Å²) >= 11 is 5.96. The minimum Gasteiger partial charge on any atom is -0.346 e. The zero-order valence-corrected chi connectivity index (χ0v) is 15.6. The van der Waals surface area contributed by atoms with Crippen molar-refractivity contribution in [3.63, 3.8) is 0 Å². The Kier molecular flexibility index (Phi) is 6.18. The van der Waals surface area contributed by atoms with E-state index < -0.39 is 10.0 Å². The third-order valence-electron chi connectivity index (χ3n) is 3.69. The largest absolute Gasteiger partial charge is 0.346 e. The number of hydroxylamine groups is 1. The number of nitrogens with zero attached hydrogens (tertiary/aromatic N) is 1. The Morgan fingerprint density at radius 3 is 2.52 bits per heavy atom. The second kappa shape index (κ2) is 7.97. The first-order valence-corrected chi connectivity index (χ1v) is 9.27. The van der Waals surface area contributed by atoms with Crippen LogP contribution in [0, 0.1) is 0 Å². The van der Waals surface area contributed by atoms with Crippen molar-refractivity contribution in [3.8, 4) is 0 Å². The van der Waals surface area contributed by atoms with Crippen molar-refractivity contribution in [2.24, 2.45) is 0 Å². The first-order valence-electron chi connectivity index (χ1n) is 7.45. The molecule has 1 atom stereocenters. The van der Waals surface area contributed by atoms with E-state index in [0.717, 1.165) is 10.0 Å². The van der Waals surface area contributed by atoms with Crippen LogP contribution in [0.5, 0.6) is 0 Å². The highest BCUT2D eigenvalue weighted by Gasteiger charge is 2.22. The number of hydrogen-bond acceptors (Lipinski definition) is 4. The standard InChI is InChI=1S/C17H19ClN2O4S/c1-12(13-6-4-8-15(18)10-13)19-17(21)14-7-5-9-16(11-14)25(22,23)20(2)24-3/h4-12H,1-3H3,(H,19,21)/t12-/m1/s1. The van der Waals surface area contributed by atoms with Crippen molar-refractivity contribution in [1.29, 1.82) is 0 Å². The molecule has 0 saturated carbocycles. The SMILES string of the molecule is CON(C)S(=O)(=O)c1cccc(C(=O)N[C@H](C)c2cccc(Cl)c2)c1. The first kappa shape index (κ1) is 19.4. The van der Waals surface area contributed by atoms with Crippen LogP contribution in [0.3, 0.4) is 0 Å². The molecule has 2 aromatic carbocycles. The van der Waals surface area contributed by atoms with E-state index in [1.807, 2.05) is 13.0 Å². The van der Waals surface area contributed by atoms with Gasteiger partial charge in [-0.2, -0.15) is 0 Å². The molecule has 134 valence electrons. The van der Waals surface area contributed by atoms with Gasteiger partial charge in [-0.15, -0.1) is 0 Å². The summed E-state index contributed by atoms with van der Waals surface area (Å²) in [5.74, 6) is -0.385. The number of benzene rings is 2. The van der Waals surface area contributed by atoms with Crippen molar-refractivity contribution in [1.82, 2.24) is 9.79 Å². The van der Waals surface area contributed by atoms with E-state index in [-0.39, 0.29) is 22.4 Å². The molecule has 25 heavy (non-hydrogen) atoms. The smallest absolute Gasteiger partial charge is 0.264 e. The molecule has 0 saturated heterocycles. The van der Waals surface area contributed by atoms with E-state index in [2.05, 4.69) is 5.32 Å². The fourth-order valence-corrected chi connectivity index (χ4v) is 3.40. The molecule has 1 amide bonds. The molecule has 1 N–H and O–H groups in total. The summed E-state index contributed by atoms with van der Waals surface area (Å²) in [5.41, 5.74) is 1.09. The molecule has 0 aliphatic rings. The number of rotatable bonds is 6. The number of nitrogens with one attached hydrogen (secondary N) is 1. The quantitative estimate of drug-likeness (QED) is 0.779. The summed E-state index contributed by atoms with van der Waals surface area (Å²) in [6, 6.07) is 12.7. The average Bonchev–Trinajstić information content (AvgIpc) is 2.60. The van der Waals surface area contributed by atoms with E-state index >= 15 is 0 Å². The van der Waals surface area contributed by atoms with E-state index in [0.29, 0.717) is 5.02 Å². The molecule has 0 unspecified atom stereocenters. The van der Waals surface area contributed by atoms with Crippen LogP contribution in [-0.2, 0) is 14.9 Å². The fraction of sp³-hybridized carbons (Fsp3) is 0.235. The number of carbonyl (C=O) groups is 1. The lowest BCUT2D eigenvalue weighted by Crippen LogP contribution is -2.28. The van der Waals surface area contributed by atoms with Gasteiger partial charge in [0.1, 0.15) is 0 Å². The topological polar surface area (TPSA) is 75.7 Å². The number of sulfonamides is 1. The Bertz CT molecular complexity index is 870. The molecule has 0 bridgehead atoms. The van der Waals surface area contributed by atoms with Gasteiger partial charge in [0.25, 0.3) is 15.9 Å². The van der Waals surface area contributed by atoms with Crippen molar-refractivity contribution in [2.75, 3.05) is 14.2 Å². The molecule has 6 nitrogen and oxygen atoms in total. The summed E-state index contributed by atoms with van der Waals surface area (Å²) in [6.07, 6.45) is 0. The lowest BCUT2D eigenvalue weighted by Gasteiger charge is -2.16. The summed E-state index contributed by atoms with van der Waals surface area (Å²) in [6.45, 7) is 1.82. The summed E-state index contributed by atoms with van der Waals surface area (Å²) < 4.78 is 25.3. The highest BCUT2D eigenvalue weighted by molar-refractivity contribution is 7.89. The minimum absolute atomic E-state index is 0.0279. The van der Waals surface area contributed by atoms with Crippen LogP contribution < -0.4 is 5.32 Å². The lowest BCUT2D eigenvalue weighted by molar-refractivity contribution is -0.0258. The van der Waals surface area contributed by atoms with E-state index in [4.69, 9.17) is 16.4 Å². The van der Waals surface area contributed by atoms with E-state index in [1.54, 1.807) is 24.3 Å². The maximum atomic E-state index is 12.4. The summed E-state index contributed by atoms with van der Waals surface area (Å²) in [5, 5.41) is 3.40. The van der Waals surface area contributed by atoms with Gasteiger partial charge < -0.3 is 5.32 Å². The van der Waals surface area contributed by atoms with Gasteiger partial charge in [0, 0.05) is 17.6 Å². The molecule has 0 radical (unpaired) electrons. The molecule has 8 heteroatoms. The average molecular weight is 383 g/mol. The molecule has 2 rings (SSSR count). The number of hydrogen-bond donors (Lipinski definition) is 1. The third kappa shape index (κ3) is 4.58. The van der Waals surface area contributed by atoms with E-state index in [9.17, 15) is 13.2 Å². The van der Waals surface area contributed by atoms with Gasteiger partial charge in [0.15, 0.2) is 0 Å². The molecule has 2 aromatic rings. The van der Waals surface area contributed by atoms with Crippen LogP contribution in [-0.4, -0.2) is 33.0 Å². The van der Waals surface area contributed by atoms with Crippen molar-refractivity contribution < 1.29 is 18.0 Å². The zero-order chi connectivity index (χ0) is 18.6. The van der Waals surface area contributed by atoms with Crippen LogP contribution >= 0.6 is 11.6 Å². The maximum absolute atomic E-state index is 12.4. The van der Waals surface area contributed by atoms with Gasteiger partial charge in [-0.1, -0.05) is 34.3 Å². The van der Waals surface area contributed by atoms with Crippen molar-refractivity contribution in [2.45, 2.75) is 17.9 Å². The van der Waals surface area contributed by atoms with Gasteiger partial charge in [-0.3, -0.25) is 9.63 Å². The monoisotopic (exact) mass is 382 g/mol. The second-order valence-corrected chi connectivity index (χ2v) is 7.75. The van der Waals surface area contributed by atoms with Gasteiger partial charge in [0.05, 0.1) is 18.0 Å². The molecule has 0 heterocycles. The Hall–Kier alpha value is -1.93. The Labute approximate surface area is 152 Å². The fourth-order valence-electron chi connectivity index (χ4n) is 2.18. The van der Waals surface area contributed by atoms with Crippen LogP contribution in [0.1, 0.15) is 28.9 Å². The Morgan fingerprint density at radius 1 is 1.20 bits per heavy atom. The van der Waals surface area contributed by atoms with Crippen molar-refractivity contribution in [3.05, 3.63) is 64.7 Å². The highest BCUT2D eigenvalue weighted by Crippen LogP contribution is 2.19. The summed E-state index contributed by atoms with van der Waals surface area (Å²) in [4.78, 5) is 17.2. The van der Waals surface area contributed by atoms with Crippen LogP contribution in [0.4, 0.5) is 0 Å². The predicted molar refractivity (Wildman–Crippen MR) is 95.7 cm³/mol. The third-order valence-corrected chi connectivity index (χ3v) is 5.60. The van der Waals surface area contributed by atoms with Gasteiger partial charge in [-0.25, -0.2) is 8.42 Å². The Balaban J connectivity index is 2.22. The highest BCUT2D eigenvalue weighted by atomic mass is 35.5. The number of amides is 1. The number of halogens is 1. The molecule has 0 fully saturated rings. The lowest BCUT2D eigenvalue weighted by atomic mass is 10.1. The minimum atomic E-state index is -3.82. The summed E-state index contributed by atoms with van der Waals surface area (Å²) in [7, 11) is -1.29. The zero-order valence-electron chi connectivity index (χ0n) is 14.1. The van der Waals surface area contributed by atoms with Gasteiger partial charge in [0.2, 0.25) is 0 Å². The molecule has 0 aliphatic carbocycles. The van der Waals surface area contributed by atoms with E-state index in [1.165, 1.54) is 32.4 Å². The Morgan fingerprint density at radius 2 is 1.88 bits per heavy atom. The maximum Gasteiger partial charge on any atom is 0.264 e. The number of carbonyl (C=O) groups excluding carboxylic acids is 1. The van der Waals surface area contributed by atoms with Gasteiger partial charge in [-0.05, 0) is 42.8 Å². The molecular weight excluding hydrogens is 364 g/mol. The normalized spacial score (nSPS) is 12.8. The van der Waals surface area contributed by atoms with Crippen LogP contribution in [0.15, 0.2) is 53.4 Å². The predicted octanol–water partition coefficient (Wildman–Crippen LogP) is 3.01. The van der Waals surface area contributed by atoms with Crippen molar-refractivity contribution >= 4 is 27.5 Å². The van der Waals surface area contributed by atoms with Gasteiger partial charge >= 0.3 is 0 Å².